The highest BCUT2D eigenvalue weighted by atomic mass is 16.5. The highest BCUT2D eigenvalue weighted by molar-refractivity contribution is 4.82. The normalized spacial score (nSPS) is 19.9. The summed E-state index contributed by atoms with van der Waals surface area (Å²) in [6, 6.07) is 0.554. The minimum atomic E-state index is 0.330. The van der Waals surface area contributed by atoms with Gasteiger partial charge in [-0.15, -0.1) is 0 Å². The number of nitrogens with two attached hydrogens (primary N) is 1. The lowest BCUT2D eigenvalue weighted by atomic mass is 9.97. The molecular weight excluding hydrogens is 200 g/mol. The van der Waals surface area contributed by atoms with Gasteiger partial charge in [-0.25, -0.2) is 0 Å². The fourth-order valence-electron chi connectivity index (χ4n) is 2.67. The molecular formula is C13H28N2O. The number of nitrogens with zero attached hydrogens (tertiary/aromatic N) is 1. The number of likely N-dealkylation sites (N-methyl/N-ethyl adjacent to an activating group) is 1. The fourth-order valence-corrected chi connectivity index (χ4v) is 2.67. The molecule has 1 rings (SSSR count). The molecule has 16 heavy (non-hydrogen) atoms. The van der Waals surface area contributed by atoms with E-state index >= 15 is 0 Å². The Bertz CT molecular complexity index is 179. The molecule has 0 heterocycles. The molecule has 2 N–H and O–H groups in total. The lowest BCUT2D eigenvalue weighted by Crippen LogP contribution is -2.44. The van der Waals surface area contributed by atoms with Gasteiger partial charge in [0.25, 0.3) is 0 Å². The fraction of sp³-hybridized carbons (Fsp3) is 1.00. The van der Waals surface area contributed by atoms with Gasteiger partial charge in [-0.05, 0) is 39.7 Å². The Morgan fingerprint density at radius 2 is 1.94 bits per heavy atom. The second kappa shape index (κ2) is 7.25. The van der Waals surface area contributed by atoms with E-state index in [0.717, 1.165) is 25.6 Å². The van der Waals surface area contributed by atoms with Crippen molar-refractivity contribution in [3.05, 3.63) is 0 Å². The van der Waals surface area contributed by atoms with Crippen LogP contribution in [0.3, 0.4) is 0 Å². The molecule has 0 bridgehead atoms. The van der Waals surface area contributed by atoms with Gasteiger partial charge in [0.2, 0.25) is 0 Å². The maximum Gasteiger partial charge on any atom is 0.0596 e. The van der Waals surface area contributed by atoms with Crippen molar-refractivity contribution >= 4 is 0 Å². The first kappa shape index (κ1) is 13.9. The van der Waals surface area contributed by atoms with E-state index < -0.39 is 0 Å². The molecule has 0 saturated heterocycles. The maximum absolute atomic E-state index is 5.90. The van der Waals surface area contributed by atoms with Crippen molar-refractivity contribution in [3.63, 3.8) is 0 Å². The summed E-state index contributed by atoms with van der Waals surface area (Å²) in [4.78, 5) is 2.39. The summed E-state index contributed by atoms with van der Waals surface area (Å²) in [5.41, 5.74) is 5.90. The first-order valence-corrected chi connectivity index (χ1v) is 6.67. The summed E-state index contributed by atoms with van der Waals surface area (Å²) in [6.45, 7) is 6.76. The highest BCUT2D eigenvalue weighted by Crippen LogP contribution is 2.29. The molecule has 1 saturated carbocycles. The summed E-state index contributed by atoms with van der Waals surface area (Å²) >= 11 is 0. The van der Waals surface area contributed by atoms with E-state index in [0.29, 0.717) is 12.1 Å². The van der Waals surface area contributed by atoms with Crippen molar-refractivity contribution in [2.24, 2.45) is 11.7 Å². The Morgan fingerprint density at radius 1 is 1.31 bits per heavy atom. The van der Waals surface area contributed by atoms with Gasteiger partial charge in [-0.3, -0.25) is 4.90 Å². The molecule has 1 unspecified atom stereocenters. The summed E-state index contributed by atoms with van der Waals surface area (Å²) < 4.78 is 5.59. The van der Waals surface area contributed by atoms with Crippen LogP contribution in [0.25, 0.3) is 0 Å². The Balaban J connectivity index is 2.28. The lowest BCUT2D eigenvalue weighted by molar-refractivity contribution is 0.0499. The standard InChI is InChI=1S/C13H28N2O/c1-11(2)16-9-8-15(3)13(10-14)12-6-4-5-7-12/h11-13H,4-10,14H2,1-3H3. The van der Waals surface area contributed by atoms with Crippen LogP contribution in [-0.4, -0.2) is 43.8 Å². The van der Waals surface area contributed by atoms with Crippen molar-refractivity contribution in [1.82, 2.24) is 4.90 Å². The predicted molar refractivity (Wildman–Crippen MR) is 68.5 cm³/mol. The monoisotopic (exact) mass is 228 g/mol. The minimum absolute atomic E-state index is 0.330. The molecule has 0 aromatic heterocycles. The highest BCUT2D eigenvalue weighted by Gasteiger charge is 2.26. The Morgan fingerprint density at radius 3 is 2.44 bits per heavy atom. The molecule has 3 heteroatoms. The van der Waals surface area contributed by atoms with Crippen LogP contribution in [-0.2, 0) is 4.74 Å². The van der Waals surface area contributed by atoms with Gasteiger partial charge in [0, 0.05) is 19.1 Å². The Hall–Kier alpha value is -0.120. The molecule has 1 aliphatic carbocycles. The molecule has 1 fully saturated rings. The average Bonchev–Trinajstić information content (AvgIpc) is 2.71. The van der Waals surface area contributed by atoms with Crippen LogP contribution in [0.4, 0.5) is 0 Å². The van der Waals surface area contributed by atoms with Crippen molar-refractivity contribution < 1.29 is 4.74 Å². The van der Waals surface area contributed by atoms with E-state index in [9.17, 15) is 0 Å². The number of ether oxygens (including phenoxy) is 1. The van der Waals surface area contributed by atoms with Gasteiger partial charge in [0.1, 0.15) is 0 Å². The quantitative estimate of drug-likeness (QED) is 0.723. The van der Waals surface area contributed by atoms with Gasteiger partial charge in [0.05, 0.1) is 12.7 Å². The first-order valence-electron chi connectivity index (χ1n) is 6.67. The zero-order chi connectivity index (χ0) is 12.0. The third-order valence-corrected chi connectivity index (χ3v) is 3.65. The van der Waals surface area contributed by atoms with Crippen molar-refractivity contribution in [2.45, 2.75) is 51.7 Å². The van der Waals surface area contributed by atoms with Crippen LogP contribution < -0.4 is 5.73 Å². The molecule has 0 spiro atoms. The smallest absolute Gasteiger partial charge is 0.0596 e. The van der Waals surface area contributed by atoms with E-state index in [-0.39, 0.29) is 0 Å². The van der Waals surface area contributed by atoms with Gasteiger partial charge in [-0.1, -0.05) is 12.8 Å². The summed E-state index contributed by atoms with van der Waals surface area (Å²) in [5, 5.41) is 0. The Kier molecular flexibility index (Phi) is 6.32. The largest absolute Gasteiger partial charge is 0.377 e. The van der Waals surface area contributed by atoms with Gasteiger partial charge in [-0.2, -0.15) is 0 Å². The molecule has 0 aromatic carbocycles. The number of hydrogen-bond donors (Lipinski definition) is 1. The number of hydrogen-bond acceptors (Lipinski definition) is 3. The van der Waals surface area contributed by atoms with Crippen molar-refractivity contribution in [3.8, 4) is 0 Å². The SMILES string of the molecule is CC(C)OCCN(C)C(CN)C1CCCC1. The molecule has 0 aromatic rings. The molecule has 1 atom stereocenters. The summed E-state index contributed by atoms with van der Waals surface area (Å²) in [5.74, 6) is 0.814. The van der Waals surface area contributed by atoms with Crippen LogP contribution in [0, 0.1) is 5.92 Å². The van der Waals surface area contributed by atoms with E-state index in [1.807, 2.05) is 0 Å². The van der Waals surface area contributed by atoms with Crippen LogP contribution in [0.2, 0.25) is 0 Å². The van der Waals surface area contributed by atoms with Crippen molar-refractivity contribution in [2.75, 3.05) is 26.7 Å². The summed E-state index contributed by atoms with van der Waals surface area (Å²) in [6.07, 6.45) is 5.82. The molecule has 3 nitrogen and oxygen atoms in total. The second-order valence-corrected chi connectivity index (χ2v) is 5.25. The van der Waals surface area contributed by atoms with Crippen LogP contribution in [0.15, 0.2) is 0 Å². The maximum atomic E-state index is 5.90. The zero-order valence-corrected chi connectivity index (χ0v) is 11.1. The van der Waals surface area contributed by atoms with Gasteiger partial charge < -0.3 is 10.5 Å². The molecule has 0 amide bonds. The molecule has 0 radical (unpaired) electrons. The predicted octanol–water partition coefficient (Wildman–Crippen LogP) is 1.86. The van der Waals surface area contributed by atoms with E-state index in [1.165, 1.54) is 25.7 Å². The molecule has 0 aliphatic heterocycles. The third kappa shape index (κ3) is 4.40. The van der Waals surface area contributed by atoms with E-state index in [2.05, 4.69) is 25.8 Å². The second-order valence-electron chi connectivity index (χ2n) is 5.25. The average molecular weight is 228 g/mol. The van der Waals surface area contributed by atoms with E-state index in [1.54, 1.807) is 0 Å². The van der Waals surface area contributed by atoms with Crippen LogP contribution in [0.5, 0.6) is 0 Å². The zero-order valence-electron chi connectivity index (χ0n) is 11.1. The van der Waals surface area contributed by atoms with Crippen LogP contribution >= 0.6 is 0 Å². The van der Waals surface area contributed by atoms with Crippen molar-refractivity contribution in [1.29, 1.82) is 0 Å². The lowest BCUT2D eigenvalue weighted by Gasteiger charge is -2.31. The van der Waals surface area contributed by atoms with Gasteiger partial charge >= 0.3 is 0 Å². The van der Waals surface area contributed by atoms with Gasteiger partial charge in [0.15, 0.2) is 0 Å². The Labute approximate surface area is 100 Å². The third-order valence-electron chi connectivity index (χ3n) is 3.65. The topological polar surface area (TPSA) is 38.5 Å². The minimum Gasteiger partial charge on any atom is -0.377 e. The first-order chi connectivity index (χ1) is 7.65. The summed E-state index contributed by atoms with van der Waals surface area (Å²) in [7, 11) is 2.18. The van der Waals surface area contributed by atoms with Crippen LogP contribution in [0.1, 0.15) is 39.5 Å². The molecule has 1 aliphatic rings. The molecule has 96 valence electrons. The number of rotatable bonds is 7. The van der Waals surface area contributed by atoms with E-state index in [4.69, 9.17) is 10.5 Å².